The van der Waals surface area contributed by atoms with Crippen molar-refractivity contribution in [3.63, 3.8) is 0 Å². The van der Waals surface area contributed by atoms with Crippen LogP contribution in [0.3, 0.4) is 0 Å². The van der Waals surface area contributed by atoms with Gasteiger partial charge >= 0.3 is 5.97 Å². The molecule has 0 heterocycles. The van der Waals surface area contributed by atoms with Crippen molar-refractivity contribution in [1.29, 1.82) is 0 Å². The predicted molar refractivity (Wildman–Crippen MR) is 252 cm³/mol. The lowest BCUT2D eigenvalue weighted by atomic mass is 9.36. The van der Waals surface area contributed by atoms with Gasteiger partial charge in [-0.15, -0.1) is 6.58 Å². The van der Waals surface area contributed by atoms with Gasteiger partial charge in [0, 0.05) is 17.4 Å². The van der Waals surface area contributed by atoms with Crippen molar-refractivity contribution in [3.05, 3.63) is 77.4 Å². The van der Waals surface area contributed by atoms with E-state index in [0.717, 1.165) is 53.8 Å². The maximum absolute atomic E-state index is 13.4. The van der Waals surface area contributed by atoms with Crippen LogP contribution in [0, 0.1) is 51.2 Å². The summed E-state index contributed by atoms with van der Waals surface area (Å²) in [7, 11) is 1.37. The summed E-state index contributed by atoms with van der Waals surface area (Å²) in [6, 6.07) is 13.7. The lowest BCUT2D eigenvalue weighted by molar-refractivity contribution is -0.214. The Morgan fingerprint density at radius 2 is 1.62 bits per heavy atom. The Morgan fingerprint density at radius 3 is 2.31 bits per heavy atom. The highest BCUT2D eigenvalue weighted by molar-refractivity contribution is 9.09. The second-order valence-corrected chi connectivity index (χ2v) is 20.2. The van der Waals surface area contributed by atoms with Gasteiger partial charge in [-0.25, -0.2) is 4.79 Å². The lowest BCUT2D eigenvalue weighted by Crippen LogP contribution is -2.63. The zero-order valence-electron chi connectivity index (χ0n) is 38.8. The van der Waals surface area contributed by atoms with Gasteiger partial charge in [-0.05, 0) is 177 Å². The number of aryl methyl sites for hydroxylation is 1. The number of methoxy groups -OCH3 is 1. The van der Waals surface area contributed by atoms with Crippen LogP contribution < -0.4 is 15.8 Å². The molecule has 5 fully saturated rings. The third-order valence-corrected chi connectivity index (χ3v) is 16.8. The smallest absolute Gasteiger partial charge is 0.341 e. The lowest BCUT2D eigenvalue weighted by Gasteiger charge is -2.69. The number of benzene rings is 2. The fourth-order valence-corrected chi connectivity index (χ4v) is 13.9. The summed E-state index contributed by atoms with van der Waals surface area (Å²) in [5, 5.41) is 14.9. The molecule has 2 amide bonds. The average Bonchev–Trinajstić information content (AvgIpc) is 3.70. The molecule has 0 spiro atoms. The molecule has 340 valence electrons. The molecule has 0 radical (unpaired) electrons. The van der Waals surface area contributed by atoms with Gasteiger partial charge in [0.25, 0.3) is 5.91 Å². The Bertz CT molecular complexity index is 1760. The number of primary amides is 1. The van der Waals surface area contributed by atoms with E-state index in [1.807, 2.05) is 39.0 Å². The van der Waals surface area contributed by atoms with Gasteiger partial charge < -0.3 is 25.6 Å². The van der Waals surface area contributed by atoms with E-state index in [1.54, 1.807) is 18.2 Å². The fraction of sp³-hybridized carbons (Fsp3) is 0.673. The molecule has 0 aliphatic heterocycles. The highest BCUT2D eigenvalue weighted by Crippen LogP contribution is 2.73. The summed E-state index contributed by atoms with van der Waals surface area (Å²) >= 11 is 3.41. The average molecular weight is 908 g/mol. The van der Waals surface area contributed by atoms with Gasteiger partial charge in [-0.1, -0.05) is 88.2 Å². The van der Waals surface area contributed by atoms with Crippen LogP contribution in [0.1, 0.15) is 164 Å². The van der Waals surface area contributed by atoms with E-state index in [9.17, 15) is 14.7 Å². The summed E-state index contributed by atoms with van der Waals surface area (Å²) in [4.78, 5) is 34.5. The topological polar surface area (TPSA) is 128 Å². The number of nitrogens with one attached hydrogen (secondary N) is 1. The van der Waals surface area contributed by atoms with Crippen molar-refractivity contribution >= 4 is 34.2 Å². The van der Waals surface area contributed by atoms with Gasteiger partial charge in [0.2, 0.25) is 6.41 Å². The van der Waals surface area contributed by atoms with Gasteiger partial charge in [-0.2, -0.15) is 0 Å². The Balaban J connectivity index is 0.000000955. The monoisotopic (exact) mass is 907 g/mol. The Kier molecular flexibility index (Phi) is 18.6. The maximum atomic E-state index is 13.4. The van der Waals surface area contributed by atoms with Gasteiger partial charge in [-0.3, -0.25) is 9.59 Å². The molecule has 4 N–H and O–H groups in total. The number of nitrogens with two attached hydrogens (primary N) is 1. The second-order valence-electron chi connectivity index (χ2n) is 19.4. The number of hydrogen-bond acceptors (Lipinski definition) is 6. The summed E-state index contributed by atoms with van der Waals surface area (Å²) < 4.78 is 10.8. The summed E-state index contributed by atoms with van der Waals surface area (Å²) in [6.07, 6.45) is 19.3. The third kappa shape index (κ3) is 10.8. The molecule has 5 saturated carbocycles. The normalized spacial score (nSPS) is 31.4. The van der Waals surface area contributed by atoms with Crippen molar-refractivity contribution in [1.82, 2.24) is 5.32 Å². The SMILES string of the molecule is C=CC.CC.COC(=O)c1cc(CNC(=O)c2cccc(CCC34CCCC3C3CCC5C(C)(CCC6C(C)(C)C(O)CCC65C)C3CC4)c2)ccc1OCCCBr.NC=O. The van der Waals surface area contributed by atoms with Crippen molar-refractivity contribution in [2.24, 2.45) is 57.0 Å². The highest BCUT2D eigenvalue weighted by atomic mass is 79.9. The van der Waals surface area contributed by atoms with Crippen LogP contribution in [0.2, 0.25) is 0 Å². The van der Waals surface area contributed by atoms with E-state index >= 15 is 0 Å². The van der Waals surface area contributed by atoms with Gasteiger partial charge in [0.1, 0.15) is 11.3 Å². The summed E-state index contributed by atoms with van der Waals surface area (Å²) in [5.74, 6) is 3.85. The number of amides is 2. The molecular formula is C52H79BrN2O6. The van der Waals surface area contributed by atoms with E-state index in [0.29, 0.717) is 52.2 Å². The van der Waals surface area contributed by atoms with Crippen LogP contribution in [0.15, 0.2) is 55.1 Å². The second kappa shape index (κ2) is 22.4. The first kappa shape index (κ1) is 50.5. The number of hydrogen-bond donors (Lipinski definition) is 3. The van der Waals surface area contributed by atoms with E-state index in [-0.39, 0.29) is 23.8 Å². The molecule has 7 rings (SSSR count). The van der Waals surface area contributed by atoms with E-state index in [4.69, 9.17) is 14.3 Å². The third-order valence-electron chi connectivity index (χ3n) is 16.2. The van der Waals surface area contributed by atoms with Crippen LogP contribution in [0.4, 0.5) is 0 Å². The quantitative estimate of drug-likeness (QED) is 0.0677. The Hall–Kier alpha value is -3.17. The minimum absolute atomic E-state index is 0.0144. The first-order chi connectivity index (χ1) is 29.2. The molecular weight excluding hydrogens is 828 g/mol. The number of aliphatic hydroxyl groups is 1. The van der Waals surface area contributed by atoms with Crippen LogP contribution in [0.5, 0.6) is 5.75 Å². The van der Waals surface area contributed by atoms with Crippen LogP contribution >= 0.6 is 15.9 Å². The van der Waals surface area contributed by atoms with Crippen molar-refractivity contribution in [3.8, 4) is 5.75 Å². The Morgan fingerprint density at radius 1 is 0.918 bits per heavy atom. The number of allylic oxidation sites excluding steroid dienone is 1. The highest BCUT2D eigenvalue weighted by Gasteiger charge is 2.66. The summed E-state index contributed by atoms with van der Waals surface area (Å²) in [6.45, 7) is 20.1. The van der Waals surface area contributed by atoms with Crippen LogP contribution in [-0.2, 0) is 22.5 Å². The predicted octanol–water partition coefficient (Wildman–Crippen LogP) is 11.6. The van der Waals surface area contributed by atoms with Gasteiger partial charge in [0.15, 0.2) is 0 Å². The molecule has 9 atom stereocenters. The summed E-state index contributed by atoms with van der Waals surface area (Å²) in [5.41, 5.74) is 8.50. The van der Waals surface area contributed by atoms with Crippen LogP contribution in [-0.4, -0.2) is 48.5 Å². The van der Waals surface area contributed by atoms with E-state index < -0.39 is 5.97 Å². The zero-order valence-corrected chi connectivity index (χ0v) is 40.4. The Labute approximate surface area is 377 Å². The van der Waals surface area contributed by atoms with Crippen LogP contribution in [0.25, 0.3) is 0 Å². The molecule has 9 unspecified atom stereocenters. The molecule has 9 heteroatoms. The molecule has 0 saturated heterocycles. The van der Waals surface area contributed by atoms with E-state index in [2.05, 4.69) is 73.4 Å². The molecule has 61 heavy (non-hydrogen) atoms. The molecule has 2 aromatic rings. The number of esters is 1. The maximum Gasteiger partial charge on any atom is 0.341 e. The first-order valence-electron chi connectivity index (χ1n) is 23.4. The number of alkyl halides is 1. The van der Waals surface area contributed by atoms with Crippen molar-refractivity contribution in [2.45, 2.75) is 151 Å². The molecule has 5 aliphatic rings. The molecule has 8 nitrogen and oxygen atoms in total. The number of aliphatic hydroxyl groups excluding tert-OH is 1. The number of ether oxygens (including phenoxy) is 2. The van der Waals surface area contributed by atoms with Crippen molar-refractivity contribution in [2.75, 3.05) is 19.0 Å². The molecule has 0 bridgehead atoms. The molecule has 5 aliphatic carbocycles. The van der Waals surface area contributed by atoms with Crippen molar-refractivity contribution < 1.29 is 29.0 Å². The fourth-order valence-electron chi connectivity index (χ4n) is 13.6. The molecule has 0 aromatic heterocycles. The largest absolute Gasteiger partial charge is 0.493 e. The standard InChI is InChI=1S/C46H64BrNO5.C3H6.C2H6.CH3NO/c1-43(2)38-18-21-44(3)35-17-24-46(20-7-11-36(46)33(35)13-15-39(44)45(38,4)22-19-40(43)49)23-16-30-9-6-10-32(27-30)41(50)48-29-31-12-14-37(53-26-8-25-47)34(28-31)42(51)52-5;1-3-2;1-2;2-1-3/h6,9-10,12,14,27-28,33,35-36,38-40,49H,7-8,11,13,15-26,29H2,1-5H3,(H,48,50);3H,1H2,2H3;1-2H3;1H,(H2,2,3). The minimum atomic E-state index is -0.453. The zero-order chi connectivity index (χ0) is 45.0. The number of carbonyl (C=O) groups excluding carboxylic acids is 3. The van der Waals surface area contributed by atoms with Gasteiger partial charge in [0.05, 0.1) is 19.8 Å². The number of fused-ring (bicyclic) bond motifs is 7. The molecule has 2 aromatic carbocycles. The number of halogens is 1. The number of rotatable bonds is 11. The first-order valence-corrected chi connectivity index (χ1v) is 24.5. The van der Waals surface area contributed by atoms with E-state index in [1.165, 1.54) is 83.3 Å². The minimum Gasteiger partial charge on any atom is -0.493 e. The number of carbonyl (C=O) groups is 3.